The van der Waals surface area contributed by atoms with Crippen LogP contribution in [0.5, 0.6) is 0 Å². The fourth-order valence-corrected chi connectivity index (χ4v) is 4.93. The first-order valence-electron chi connectivity index (χ1n) is 14.3. The predicted octanol–water partition coefficient (Wildman–Crippen LogP) is 8.87. The summed E-state index contributed by atoms with van der Waals surface area (Å²) in [6.45, 7) is 3.39. The van der Waals surface area contributed by atoms with Gasteiger partial charge < -0.3 is 5.11 Å². The van der Waals surface area contributed by atoms with Crippen LogP contribution in [0.2, 0.25) is 0 Å². The fourth-order valence-electron chi connectivity index (χ4n) is 4.93. The van der Waals surface area contributed by atoms with Crippen LogP contribution in [0.15, 0.2) is 60.7 Å². The standard InChI is InChI=1S/C32H50FNO/c1-2-3-4-5-6-7-8-9-10-11-12-13-20-25-31(33)32(28-35)34(26-29-21-16-14-17-22-29)27-30-23-18-15-19-24-30/h14-19,21-24,31-32,35H,2-13,20,25-28H2,1H3/t31-,32-/m0/s1. The number of rotatable bonds is 21. The van der Waals surface area contributed by atoms with Crippen molar-refractivity contribution in [3.63, 3.8) is 0 Å². The molecule has 1 N–H and O–H groups in total. The van der Waals surface area contributed by atoms with Gasteiger partial charge in [-0.3, -0.25) is 4.90 Å². The summed E-state index contributed by atoms with van der Waals surface area (Å²) in [7, 11) is 0. The van der Waals surface area contributed by atoms with Crippen molar-refractivity contribution >= 4 is 0 Å². The monoisotopic (exact) mass is 483 g/mol. The van der Waals surface area contributed by atoms with Crippen molar-refractivity contribution in [3.8, 4) is 0 Å². The molecule has 0 saturated carbocycles. The third-order valence-corrected chi connectivity index (χ3v) is 7.11. The van der Waals surface area contributed by atoms with Crippen molar-refractivity contribution in [3.05, 3.63) is 71.8 Å². The van der Waals surface area contributed by atoms with Crippen LogP contribution in [0.4, 0.5) is 4.39 Å². The molecule has 2 aromatic rings. The highest BCUT2D eigenvalue weighted by Gasteiger charge is 2.27. The Bertz CT molecular complexity index is 681. The SMILES string of the molecule is CCCCCCCCCCCCCCC[C@H](F)[C@H](CO)N(Cc1ccccc1)Cc1ccccc1. The molecule has 196 valence electrons. The Labute approximate surface area is 215 Å². The van der Waals surface area contributed by atoms with E-state index < -0.39 is 12.2 Å². The molecule has 0 saturated heterocycles. The highest BCUT2D eigenvalue weighted by atomic mass is 19.1. The summed E-state index contributed by atoms with van der Waals surface area (Å²) < 4.78 is 15.3. The van der Waals surface area contributed by atoms with E-state index in [0.717, 1.165) is 24.0 Å². The highest BCUT2D eigenvalue weighted by Crippen LogP contribution is 2.21. The molecule has 0 heterocycles. The quantitative estimate of drug-likeness (QED) is 0.179. The number of hydrogen-bond donors (Lipinski definition) is 1. The molecule has 2 atom stereocenters. The molecule has 0 aromatic heterocycles. The van der Waals surface area contributed by atoms with Crippen LogP contribution in [0.1, 0.15) is 108 Å². The Balaban J connectivity index is 1.68. The van der Waals surface area contributed by atoms with Crippen LogP contribution in [0.25, 0.3) is 0 Å². The number of halogens is 1. The molecule has 0 spiro atoms. The van der Waals surface area contributed by atoms with Gasteiger partial charge in [-0.15, -0.1) is 0 Å². The molecule has 0 fully saturated rings. The molecule has 0 aliphatic rings. The normalized spacial score (nSPS) is 13.3. The zero-order valence-electron chi connectivity index (χ0n) is 22.2. The maximum atomic E-state index is 15.3. The van der Waals surface area contributed by atoms with Gasteiger partial charge in [0, 0.05) is 13.1 Å². The van der Waals surface area contributed by atoms with Gasteiger partial charge in [0.05, 0.1) is 12.6 Å². The zero-order chi connectivity index (χ0) is 25.0. The van der Waals surface area contributed by atoms with E-state index in [2.05, 4.69) is 36.1 Å². The Hall–Kier alpha value is -1.71. The Morgan fingerprint density at radius 1 is 0.629 bits per heavy atom. The minimum Gasteiger partial charge on any atom is -0.395 e. The van der Waals surface area contributed by atoms with E-state index in [4.69, 9.17) is 0 Å². The first-order chi connectivity index (χ1) is 17.2. The predicted molar refractivity (Wildman–Crippen MR) is 148 cm³/mol. The second kappa shape index (κ2) is 19.5. The van der Waals surface area contributed by atoms with Crippen LogP contribution in [-0.2, 0) is 13.1 Å². The van der Waals surface area contributed by atoms with Crippen molar-refractivity contribution in [1.29, 1.82) is 0 Å². The first-order valence-corrected chi connectivity index (χ1v) is 14.3. The number of aliphatic hydroxyl groups is 1. The van der Waals surface area contributed by atoms with Crippen molar-refractivity contribution < 1.29 is 9.50 Å². The summed E-state index contributed by atoms with van der Waals surface area (Å²) in [6.07, 6.45) is 16.3. The summed E-state index contributed by atoms with van der Waals surface area (Å²) in [6, 6.07) is 19.9. The molecule has 3 heteroatoms. The van der Waals surface area contributed by atoms with Gasteiger partial charge in [-0.05, 0) is 17.5 Å². The van der Waals surface area contributed by atoms with E-state index in [1.165, 1.54) is 70.6 Å². The van der Waals surface area contributed by atoms with Crippen molar-refractivity contribution in [1.82, 2.24) is 4.90 Å². The molecule has 0 aliphatic carbocycles. The van der Waals surface area contributed by atoms with Crippen molar-refractivity contribution in [2.24, 2.45) is 0 Å². The van der Waals surface area contributed by atoms with Crippen LogP contribution in [-0.4, -0.2) is 28.8 Å². The number of benzene rings is 2. The molecule has 0 radical (unpaired) electrons. The van der Waals surface area contributed by atoms with Gasteiger partial charge in [-0.2, -0.15) is 0 Å². The second-order valence-corrected chi connectivity index (χ2v) is 10.2. The molecular formula is C32H50FNO. The molecular weight excluding hydrogens is 433 g/mol. The molecule has 0 bridgehead atoms. The van der Waals surface area contributed by atoms with Crippen LogP contribution in [0.3, 0.4) is 0 Å². The number of unbranched alkanes of at least 4 members (excludes halogenated alkanes) is 12. The van der Waals surface area contributed by atoms with E-state index in [0.29, 0.717) is 19.5 Å². The van der Waals surface area contributed by atoms with E-state index in [1.54, 1.807) is 0 Å². The second-order valence-electron chi connectivity index (χ2n) is 10.2. The third-order valence-electron chi connectivity index (χ3n) is 7.11. The van der Waals surface area contributed by atoms with Gasteiger partial charge >= 0.3 is 0 Å². The third kappa shape index (κ3) is 13.2. The van der Waals surface area contributed by atoms with Gasteiger partial charge in [0.25, 0.3) is 0 Å². The minimum absolute atomic E-state index is 0.153. The summed E-state index contributed by atoms with van der Waals surface area (Å²) >= 11 is 0. The lowest BCUT2D eigenvalue weighted by molar-refractivity contribution is 0.0448. The lowest BCUT2D eigenvalue weighted by Gasteiger charge is -2.33. The van der Waals surface area contributed by atoms with Gasteiger partial charge in [0.15, 0.2) is 0 Å². The molecule has 0 unspecified atom stereocenters. The maximum Gasteiger partial charge on any atom is 0.118 e. The molecule has 2 aromatic carbocycles. The van der Waals surface area contributed by atoms with E-state index >= 15 is 4.39 Å². The average Bonchev–Trinajstić information content (AvgIpc) is 2.88. The number of hydrogen-bond acceptors (Lipinski definition) is 2. The lowest BCUT2D eigenvalue weighted by atomic mass is 10.0. The highest BCUT2D eigenvalue weighted by molar-refractivity contribution is 5.17. The zero-order valence-corrected chi connectivity index (χ0v) is 22.2. The van der Waals surface area contributed by atoms with Gasteiger partial charge in [-0.25, -0.2) is 4.39 Å². The largest absolute Gasteiger partial charge is 0.395 e. The average molecular weight is 484 g/mol. The topological polar surface area (TPSA) is 23.5 Å². The molecule has 2 nitrogen and oxygen atoms in total. The molecule has 0 amide bonds. The van der Waals surface area contributed by atoms with Gasteiger partial charge in [0.1, 0.15) is 6.17 Å². The number of nitrogens with zero attached hydrogens (tertiary/aromatic N) is 1. The van der Waals surface area contributed by atoms with E-state index in [9.17, 15) is 5.11 Å². The van der Waals surface area contributed by atoms with E-state index in [-0.39, 0.29) is 6.61 Å². The first kappa shape index (κ1) is 29.5. The number of aliphatic hydroxyl groups excluding tert-OH is 1. The smallest absolute Gasteiger partial charge is 0.118 e. The van der Waals surface area contributed by atoms with Crippen molar-refractivity contribution in [2.45, 2.75) is 122 Å². The van der Waals surface area contributed by atoms with Gasteiger partial charge in [0.2, 0.25) is 0 Å². The van der Waals surface area contributed by atoms with Crippen LogP contribution < -0.4 is 0 Å². The summed E-state index contributed by atoms with van der Waals surface area (Å²) in [5.41, 5.74) is 2.30. The molecule has 2 rings (SSSR count). The molecule has 0 aliphatic heterocycles. The minimum atomic E-state index is -1.01. The summed E-state index contributed by atoms with van der Waals surface area (Å²) in [5, 5.41) is 10.1. The van der Waals surface area contributed by atoms with Gasteiger partial charge in [-0.1, -0.05) is 151 Å². The van der Waals surface area contributed by atoms with E-state index in [1.807, 2.05) is 36.4 Å². The summed E-state index contributed by atoms with van der Waals surface area (Å²) in [4.78, 5) is 2.11. The molecule has 35 heavy (non-hydrogen) atoms. The number of alkyl halides is 1. The fraction of sp³-hybridized carbons (Fsp3) is 0.625. The van der Waals surface area contributed by atoms with Crippen LogP contribution >= 0.6 is 0 Å². The lowest BCUT2D eigenvalue weighted by Crippen LogP contribution is -2.43. The van der Waals surface area contributed by atoms with Crippen molar-refractivity contribution in [2.75, 3.05) is 6.61 Å². The maximum absolute atomic E-state index is 15.3. The Morgan fingerprint density at radius 3 is 1.43 bits per heavy atom. The summed E-state index contributed by atoms with van der Waals surface area (Å²) in [5.74, 6) is 0. The van der Waals surface area contributed by atoms with Crippen LogP contribution in [0, 0.1) is 0 Å². The Kier molecular flexibility index (Phi) is 16.4. The Morgan fingerprint density at radius 2 is 1.03 bits per heavy atom.